The number of amides is 1. The minimum absolute atomic E-state index is 0.127. The Balaban J connectivity index is 2.21. The van der Waals surface area contributed by atoms with E-state index in [4.69, 9.17) is 5.11 Å². The lowest BCUT2D eigenvalue weighted by molar-refractivity contribution is -0.138. The summed E-state index contributed by atoms with van der Waals surface area (Å²) in [5.41, 5.74) is -0.280. The molecule has 0 aliphatic carbocycles. The molecule has 26 heavy (non-hydrogen) atoms. The van der Waals surface area contributed by atoms with Gasteiger partial charge in [0.05, 0.1) is 10.6 Å². The molecule has 0 unspecified atom stereocenters. The van der Waals surface area contributed by atoms with Gasteiger partial charge in [0.2, 0.25) is 0 Å². The molecule has 1 N–H and O–H groups in total. The molecule has 0 saturated carbocycles. The van der Waals surface area contributed by atoms with Gasteiger partial charge in [-0.1, -0.05) is 26.0 Å². The van der Waals surface area contributed by atoms with Gasteiger partial charge in [0.25, 0.3) is 5.91 Å². The first-order valence-corrected chi connectivity index (χ1v) is 8.58. The van der Waals surface area contributed by atoms with Crippen LogP contribution in [0.1, 0.15) is 46.4 Å². The van der Waals surface area contributed by atoms with Crippen molar-refractivity contribution in [2.24, 2.45) is 0 Å². The molecule has 1 aromatic heterocycles. The Hall–Kier alpha value is -2.42. The maximum absolute atomic E-state index is 12.6. The van der Waals surface area contributed by atoms with Crippen LogP contribution in [-0.2, 0) is 17.5 Å². The number of halogens is 3. The van der Waals surface area contributed by atoms with E-state index in [0.29, 0.717) is 5.56 Å². The number of hydrogen-bond donors (Lipinski definition) is 1. The van der Waals surface area contributed by atoms with E-state index in [0.717, 1.165) is 22.0 Å². The van der Waals surface area contributed by atoms with Gasteiger partial charge in [-0.2, -0.15) is 13.2 Å². The average Bonchev–Trinajstić information content (AvgIpc) is 3.03. The molecule has 1 aromatic carbocycles. The van der Waals surface area contributed by atoms with Gasteiger partial charge in [-0.25, -0.2) is 4.98 Å². The van der Waals surface area contributed by atoms with Crippen LogP contribution in [0, 0.1) is 0 Å². The fourth-order valence-corrected chi connectivity index (χ4v) is 3.00. The van der Waals surface area contributed by atoms with Crippen LogP contribution in [0.5, 0.6) is 0 Å². The van der Waals surface area contributed by atoms with Gasteiger partial charge >= 0.3 is 12.1 Å². The van der Waals surface area contributed by atoms with Crippen LogP contribution in [0.2, 0.25) is 0 Å². The maximum Gasteiger partial charge on any atom is 0.416 e. The average molecular weight is 386 g/mol. The van der Waals surface area contributed by atoms with Crippen molar-refractivity contribution < 1.29 is 27.9 Å². The summed E-state index contributed by atoms with van der Waals surface area (Å²) in [6, 6.07) is 4.26. The Kier molecular flexibility index (Phi) is 6.01. The third-order valence-corrected chi connectivity index (χ3v) is 4.65. The number of aromatic nitrogens is 1. The topological polar surface area (TPSA) is 70.5 Å². The molecule has 0 spiro atoms. The zero-order valence-electron chi connectivity index (χ0n) is 14.1. The molecular weight excluding hydrogens is 369 g/mol. The van der Waals surface area contributed by atoms with Gasteiger partial charge < -0.3 is 10.0 Å². The van der Waals surface area contributed by atoms with E-state index in [9.17, 15) is 22.8 Å². The number of hydrogen-bond acceptors (Lipinski definition) is 4. The molecule has 0 fully saturated rings. The Morgan fingerprint density at radius 1 is 1.23 bits per heavy atom. The second-order valence-corrected chi connectivity index (χ2v) is 6.87. The number of rotatable bonds is 6. The predicted molar refractivity (Wildman–Crippen MR) is 90.0 cm³/mol. The van der Waals surface area contributed by atoms with Gasteiger partial charge in [-0.05, 0) is 17.7 Å². The SMILES string of the molecule is CC(C)c1nc(C(=O)N(CC(=O)O)Cc2ccc(C(F)(F)F)cc2)cs1. The highest BCUT2D eigenvalue weighted by molar-refractivity contribution is 7.09. The van der Waals surface area contributed by atoms with E-state index < -0.39 is 30.2 Å². The fourth-order valence-electron chi connectivity index (χ4n) is 2.20. The highest BCUT2D eigenvalue weighted by Gasteiger charge is 2.30. The minimum atomic E-state index is -4.46. The van der Waals surface area contributed by atoms with E-state index in [2.05, 4.69) is 4.98 Å². The molecule has 2 rings (SSSR count). The Morgan fingerprint density at radius 3 is 2.31 bits per heavy atom. The standard InChI is InChI=1S/C17H17F3N2O3S/c1-10(2)15-21-13(9-26-15)16(25)22(8-14(23)24)7-11-3-5-12(6-4-11)17(18,19)20/h3-6,9-10H,7-8H2,1-2H3,(H,23,24). The highest BCUT2D eigenvalue weighted by Crippen LogP contribution is 2.29. The van der Waals surface area contributed by atoms with Gasteiger partial charge in [0.15, 0.2) is 0 Å². The van der Waals surface area contributed by atoms with Crippen LogP contribution < -0.4 is 0 Å². The number of aliphatic carboxylic acids is 1. The van der Waals surface area contributed by atoms with Crippen LogP contribution in [0.3, 0.4) is 0 Å². The number of carboxylic acid groups (broad SMARTS) is 1. The number of benzene rings is 1. The summed E-state index contributed by atoms with van der Waals surface area (Å²) in [7, 11) is 0. The first kappa shape index (κ1) is 19.9. The molecular formula is C17H17F3N2O3S. The van der Waals surface area contributed by atoms with Crippen LogP contribution in [0.25, 0.3) is 0 Å². The van der Waals surface area contributed by atoms with Gasteiger partial charge in [0.1, 0.15) is 12.2 Å². The second kappa shape index (κ2) is 7.86. The van der Waals surface area contributed by atoms with Crippen molar-refractivity contribution in [1.29, 1.82) is 0 Å². The molecule has 0 atom stereocenters. The molecule has 140 valence electrons. The summed E-state index contributed by atoms with van der Waals surface area (Å²) in [6.07, 6.45) is -4.46. The zero-order valence-corrected chi connectivity index (χ0v) is 14.9. The highest BCUT2D eigenvalue weighted by atomic mass is 32.1. The third kappa shape index (κ3) is 5.04. The van der Waals surface area contributed by atoms with Crippen molar-refractivity contribution in [3.8, 4) is 0 Å². The molecule has 0 saturated heterocycles. The smallest absolute Gasteiger partial charge is 0.416 e. The Morgan fingerprint density at radius 2 is 1.85 bits per heavy atom. The minimum Gasteiger partial charge on any atom is -0.480 e. The largest absolute Gasteiger partial charge is 0.480 e. The Labute approximate surface area is 152 Å². The van der Waals surface area contributed by atoms with Crippen molar-refractivity contribution in [2.45, 2.75) is 32.5 Å². The van der Waals surface area contributed by atoms with E-state index >= 15 is 0 Å². The summed E-state index contributed by atoms with van der Waals surface area (Å²) in [5, 5.41) is 11.3. The monoisotopic (exact) mass is 386 g/mol. The predicted octanol–water partition coefficient (Wildman–Crippen LogP) is 4.01. The van der Waals surface area contributed by atoms with E-state index in [1.165, 1.54) is 23.5 Å². The van der Waals surface area contributed by atoms with Crippen LogP contribution in [0.15, 0.2) is 29.6 Å². The van der Waals surface area contributed by atoms with Crippen molar-refractivity contribution in [3.63, 3.8) is 0 Å². The van der Waals surface area contributed by atoms with Crippen molar-refractivity contribution in [3.05, 3.63) is 51.5 Å². The number of carbonyl (C=O) groups excluding carboxylic acids is 1. The summed E-state index contributed by atoms with van der Waals surface area (Å²) in [5.74, 6) is -1.66. The lowest BCUT2D eigenvalue weighted by Gasteiger charge is -2.20. The summed E-state index contributed by atoms with van der Waals surface area (Å²) in [6.45, 7) is 3.14. The van der Waals surface area contributed by atoms with Crippen LogP contribution in [0.4, 0.5) is 13.2 Å². The number of thiazole rings is 1. The second-order valence-electron chi connectivity index (χ2n) is 5.98. The summed E-state index contributed by atoms with van der Waals surface area (Å²) < 4.78 is 37.9. The molecule has 0 bridgehead atoms. The molecule has 5 nitrogen and oxygen atoms in total. The lowest BCUT2D eigenvalue weighted by atomic mass is 10.1. The summed E-state index contributed by atoms with van der Waals surface area (Å²) in [4.78, 5) is 28.9. The molecule has 0 aliphatic rings. The number of carboxylic acids is 1. The molecule has 1 amide bonds. The molecule has 0 radical (unpaired) electrons. The lowest BCUT2D eigenvalue weighted by Crippen LogP contribution is -2.35. The third-order valence-electron chi connectivity index (χ3n) is 3.50. The first-order valence-electron chi connectivity index (χ1n) is 7.70. The fraction of sp³-hybridized carbons (Fsp3) is 0.353. The van der Waals surface area contributed by atoms with Crippen LogP contribution >= 0.6 is 11.3 Å². The molecule has 2 aromatic rings. The maximum atomic E-state index is 12.6. The van der Waals surface area contributed by atoms with Gasteiger partial charge in [-0.3, -0.25) is 9.59 Å². The van der Waals surface area contributed by atoms with E-state index in [1.807, 2.05) is 13.8 Å². The Bertz CT molecular complexity index is 785. The van der Waals surface area contributed by atoms with Crippen molar-refractivity contribution >= 4 is 23.2 Å². The number of alkyl halides is 3. The van der Waals surface area contributed by atoms with Crippen molar-refractivity contribution in [1.82, 2.24) is 9.88 Å². The van der Waals surface area contributed by atoms with E-state index in [1.54, 1.807) is 5.38 Å². The van der Waals surface area contributed by atoms with Crippen LogP contribution in [-0.4, -0.2) is 33.4 Å². The van der Waals surface area contributed by atoms with Gasteiger partial charge in [0, 0.05) is 17.8 Å². The molecule has 9 heteroatoms. The first-order chi connectivity index (χ1) is 12.1. The van der Waals surface area contributed by atoms with Crippen molar-refractivity contribution in [2.75, 3.05) is 6.54 Å². The quantitative estimate of drug-likeness (QED) is 0.814. The molecule has 0 aliphatic heterocycles. The zero-order chi connectivity index (χ0) is 19.5. The van der Waals surface area contributed by atoms with Gasteiger partial charge in [-0.15, -0.1) is 11.3 Å². The normalized spacial score (nSPS) is 11.6. The number of nitrogens with zero attached hydrogens (tertiary/aromatic N) is 2. The van der Waals surface area contributed by atoms with E-state index in [-0.39, 0.29) is 18.2 Å². The molecule has 1 heterocycles. The summed E-state index contributed by atoms with van der Waals surface area (Å²) >= 11 is 1.30. The number of carbonyl (C=O) groups is 2.